The Morgan fingerprint density at radius 1 is 1.00 bits per heavy atom. The molecule has 3 heteroatoms. The quantitative estimate of drug-likeness (QED) is 0.780. The van der Waals surface area contributed by atoms with Crippen molar-refractivity contribution in [2.75, 3.05) is 5.32 Å². The first-order valence-corrected chi connectivity index (χ1v) is 5.59. The van der Waals surface area contributed by atoms with Crippen molar-refractivity contribution in [3.05, 3.63) is 54.1 Å². The number of nitrogens with two attached hydrogens (primary N) is 1. The Balaban J connectivity index is 2.13. The van der Waals surface area contributed by atoms with Crippen LogP contribution < -0.4 is 11.1 Å². The van der Waals surface area contributed by atoms with Crippen molar-refractivity contribution in [2.45, 2.75) is 6.54 Å². The van der Waals surface area contributed by atoms with Crippen LogP contribution in [0.4, 0.5) is 5.69 Å². The highest BCUT2D eigenvalue weighted by Crippen LogP contribution is 2.31. The molecule has 1 heterocycles. The molecule has 2 aromatic rings. The molecule has 0 atom stereocenters. The molecule has 0 aliphatic carbocycles. The molecule has 3 nitrogen and oxygen atoms in total. The molecular formula is C14H13N3. The van der Waals surface area contributed by atoms with E-state index in [1.165, 1.54) is 16.7 Å². The average Bonchev–Trinajstić information content (AvgIpc) is 2.39. The maximum absolute atomic E-state index is 5.68. The zero-order valence-electron chi connectivity index (χ0n) is 9.35. The molecule has 0 amide bonds. The van der Waals surface area contributed by atoms with Gasteiger partial charge in [-0.05, 0) is 17.2 Å². The molecule has 84 valence electrons. The van der Waals surface area contributed by atoms with Gasteiger partial charge >= 0.3 is 0 Å². The third-order valence-corrected chi connectivity index (χ3v) is 2.93. The van der Waals surface area contributed by atoms with Crippen molar-refractivity contribution in [3.63, 3.8) is 0 Å². The molecule has 17 heavy (non-hydrogen) atoms. The maximum Gasteiger partial charge on any atom is 0.193 e. The van der Waals surface area contributed by atoms with E-state index < -0.39 is 0 Å². The van der Waals surface area contributed by atoms with Crippen LogP contribution in [0.3, 0.4) is 0 Å². The molecule has 3 N–H and O–H groups in total. The summed E-state index contributed by atoms with van der Waals surface area (Å²) >= 11 is 0. The van der Waals surface area contributed by atoms with Gasteiger partial charge in [-0.25, -0.2) is 4.99 Å². The third kappa shape index (κ3) is 1.76. The summed E-state index contributed by atoms with van der Waals surface area (Å²) in [6, 6.07) is 16.5. The summed E-state index contributed by atoms with van der Waals surface area (Å²) in [5, 5.41) is 3.10. The largest absolute Gasteiger partial charge is 0.370 e. The summed E-state index contributed by atoms with van der Waals surface area (Å²) in [4.78, 5) is 4.24. The van der Waals surface area contributed by atoms with Crippen LogP contribution in [-0.4, -0.2) is 5.96 Å². The second-order valence-corrected chi connectivity index (χ2v) is 4.02. The molecule has 1 aliphatic rings. The molecule has 0 unspecified atom stereocenters. The minimum atomic E-state index is 0.489. The minimum Gasteiger partial charge on any atom is -0.370 e. The number of nitrogens with zero attached hydrogens (tertiary/aromatic N) is 1. The smallest absolute Gasteiger partial charge is 0.193 e. The number of aliphatic imine (C=N–C) groups is 1. The van der Waals surface area contributed by atoms with E-state index in [9.17, 15) is 0 Å². The Kier molecular flexibility index (Phi) is 2.29. The molecule has 0 radical (unpaired) electrons. The van der Waals surface area contributed by atoms with E-state index in [2.05, 4.69) is 28.5 Å². The first-order chi connectivity index (χ1) is 8.34. The zero-order valence-corrected chi connectivity index (χ0v) is 9.35. The number of hydrogen-bond donors (Lipinski definition) is 2. The van der Waals surface area contributed by atoms with Crippen molar-refractivity contribution < 1.29 is 0 Å². The van der Waals surface area contributed by atoms with Crippen molar-refractivity contribution in [2.24, 2.45) is 10.7 Å². The first-order valence-electron chi connectivity index (χ1n) is 5.59. The van der Waals surface area contributed by atoms with E-state index in [1.54, 1.807) is 0 Å². The van der Waals surface area contributed by atoms with Crippen molar-refractivity contribution in [1.82, 2.24) is 0 Å². The van der Waals surface area contributed by atoms with E-state index in [1.807, 2.05) is 30.3 Å². The molecule has 0 aromatic heterocycles. The topological polar surface area (TPSA) is 50.4 Å². The fraction of sp³-hybridized carbons (Fsp3) is 0.0714. The van der Waals surface area contributed by atoms with Crippen LogP contribution in [0, 0.1) is 0 Å². The molecule has 3 rings (SSSR count). The summed E-state index contributed by atoms with van der Waals surface area (Å²) in [6.45, 7) is 0.638. The van der Waals surface area contributed by atoms with Crippen LogP contribution in [0.5, 0.6) is 0 Å². The number of benzene rings is 2. The van der Waals surface area contributed by atoms with Gasteiger partial charge in [-0.2, -0.15) is 0 Å². The van der Waals surface area contributed by atoms with E-state index in [0.717, 1.165) is 5.69 Å². The van der Waals surface area contributed by atoms with Gasteiger partial charge in [-0.3, -0.25) is 0 Å². The molecule has 0 spiro atoms. The number of hydrogen-bond acceptors (Lipinski definition) is 3. The molecule has 0 fully saturated rings. The average molecular weight is 223 g/mol. The van der Waals surface area contributed by atoms with Crippen LogP contribution in [0.2, 0.25) is 0 Å². The number of anilines is 1. The Morgan fingerprint density at radius 2 is 1.82 bits per heavy atom. The zero-order chi connectivity index (χ0) is 11.7. The van der Waals surface area contributed by atoms with E-state index in [4.69, 9.17) is 5.73 Å². The first kappa shape index (κ1) is 9.90. The van der Waals surface area contributed by atoms with Crippen LogP contribution in [0.15, 0.2) is 53.5 Å². The number of rotatable bonds is 1. The summed E-state index contributed by atoms with van der Waals surface area (Å²) in [7, 11) is 0. The Bertz CT molecular complexity index is 573. The summed E-state index contributed by atoms with van der Waals surface area (Å²) < 4.78 is 0. The van der Waals surface area contributed by atoms with Gasteiger partial charge in [0.1, 0.15) is 0 Å². The van der Waals surface area contributed by atoms with Crippen LogP contribution in [0.25, 0.3) is 11.1 Å². The lowest BCUT2D eigenvalue weighted by molar-refractivity contribution is 1.04. The summed E-state index contributed by atoms with van der Waals surface area (Å²) in [5.41, 5.74) is 10.4. The standard InChI is InChI=1S/C14H13N3/c15-14-16-9-12-11(7-4-8-13(12)17-14)10-5-2-1-3-6-10/h1-8H,9H2,(H3,15,16,17). The van der Waals surface area contributed by atoms with Gasteiger partial charge in [0.25, 0.3) is 0 Å². The van der Waals surface area contributed by atoms with E-state index in [-0.39, 0.29) is 0 Å². The summed E-state index contributed by atoms with van der Waals surface area (Å²) in [5.74, 6) is 0.489. The van der Waals surface area contributed by atoms with Crippen LogP contribution in [0.1, 0.15) is 5.56 Å². The van der Waals surface area contributed by atoms with Gasteiger partial charge in [-0.1, -0.05) is 42.5 Å². The van der Waals surface area contributed by atoms with Gasteiger partial charge in [-0.15, -0.1) is 0 Å². The highest BCUT2D eigenvalue weighted by atomic mass is 15.1. The number of guanidine groups is 1. The fourth-order valence-electron chi connectivity index (χ4n) is 2.10. The van der Waals surface area contributed by atoms with Gasteiger partial charge in [0.15, 0.2) is 5.96 Å². The number of fused-ring (bicyclic) bond motifs is 1. The highest BCUT2D eigenvalue weighted by molar-refractivity contribution is 5.96. The van der Waals surface area contributed by atoms with Crippen molar-refractivity contribution >= 4 is 11.6 Å². The van der Waals surface area contributed by atoms with E-state index in [0.29, 0.717) is 12.5 Å². The Morgan fingerprint density at radius 3 is 2.65 bits per heavy atom. The second kappa shape index (κ2) is 3.94. The monoisotopic (exact) mass is 223 g/mol. The van der Waals surface area contributed by atoms with Crippen molar-refractivity contribution in [1.29, 1.82) is 0 Å². The molecule has 1 aliphatic heterocycles. The lowest BCUT2D eigenvalue weighted by Crippen LogP contribution is -2.26. The molecule has 0 saturated heterocycles. The van der Waals surface area contributed by atoms with E-state index >= 15 is 0 Å². The SMILES string of the molecule is NC1=NCc2c(cccc2-c2ccccc2)N1. The Labute approximate surface area is 100.0 Å². The molecule has 2 aromatic carbocycles. The maximum atomic E-state index is 5.68. The predicted octanol–water partition coefficient (Wildman–Crippen LogP) is 2.59. The van der Waals surface area contributed by atoms with Crippen LogP contribution in [-0.2, 0) is 6.54 Å². The van der Waals surface area contributed by atoms with Crippen LogP contribution >= 0.6 is 0 Å². The molecular weight excluding hydrogens is 210 g/mol. The van der Waals surface area contributed by atoms with Crippen molar-refractivity contribution in [3.8, 4) is 11.1 Å². The minimum absolute atomic E-state index is 0.489. The molecule has 0 bridgehead atoms. The fourth-order valence-corrected chi connectivity index (χ4v) is 2.10. The van der Waals surface area contributed by atoms with Gasteiger partial charge in [0.2, 0.25) is 0 Å². The normalized spacial score (nSPS) is 13.5. The lowest BCUT2D eigenvalue weighted by atomic mass is 9.97. The third-order valence-electron chi connectivity index (χ3n) is 2.93. The van der Waals surface area contributed by atoms with Gasteiger partial charge < -0.3 is 11.1 Å². The van der Waals surface area contributed by atoms with Gasteiger partial charge in [0, 0.05) is 11.3 Å². The summed E-state index contributed by atoms with van der Waals surface area (Å²) in [6.07, 6.45) is 0. The second-order valence-electron chi connectivity index (χ2n) is 4.02. The highest BCUT2D eigenvalue weighted by Gasteiger charge is 2.13. The lowest BCUT2D eigenvalue weighted by Gasteiger charge is -2.19. The predicted molar refractivity (Wildman–Crippen MR) is 70.8 cm³/mol. The van der Waals surface area contributed by atoms with Gasteiger partial charge in [0.05, 0.1) is 6.54 Å². The number of nitrogens with one attached hydrogen (secondary N) is 1. The Hall–Kier alpha value is -2.29. The molecule has 0 saturated carbocycles.